The summed E-state index contributed by atoms with van der Waals surface area (Å²) in [6.45, 7) is 0.744. The Labute approximate surface area is 121 Å². The van der Waals surface area contributed by atoms with Gasteiger partial charge in [-0.1, -0.05) is 0 Å². The molecule has 2 heterocycles. The molecule has 0 fully saturated rings. The van der Waals surface area contributed by atoms with Crippen molar-refractivity contribution in [1.29, 1.82) is 0 Å². The first-order valence-corrected chi connectivity index (χ1v) is 7.56. The normalized spacial score (nSPS) is 14.5. The summed E-state index contributed by atoms with van der Waals surface area (Å²) in [7, 11) is 0. The van der Waals surface area contributed by atoms with Crippen LogP contribution >= 0.6 is 11.3 Å². The Kier molecular flexibility index (Phi) is 3.60. The highest BCUT2D eigenvalue weighted by Crippen LogP contribution is 2.31. The number of aromatic hydroxyl groups is 1. The fraction of sp³-hybridized carbons (Fsp3) is 0.267. The summed E-state index contributed by atoms with van der Waals surface area (Å²) in [5.41, 5.74) is 1.72. The number of phenolic OH excluding ortho intramolecular Hbond substituents is 1. The maximum Gasteiger partial charge on any atom is 0.326 e. The molecule has 1 aromatic heterocycles. The van der Waals surface area contributed by atoms with Gasteiger partial charge in [-0.3, -0.25) is 4.90 Å². The Morgan fingerprint density at radius 1 is 1.20 bits per heavy atom. The van der Waals surface area contributed by atoms with E-state index in [0.29, 0.717) is 5.69 Å². The number of anilines is 2. The number of rotatable bonds is 1. The van der Waals surface area contributed by atoms with E-state index in [1.165, 1.54) is 4.88 Å². The molecule has 0 atom stereocenters. The summed E-state index contributed by atoms with van der Waals surface area (Å²) in [6, 6.07) is 8.42. The number of benzene rings is 1. The predicted molar refractivity (Wildman–Crippen MR) is 81.7 cm³/mol. The standard InChI is InChI=1S/C15H16N2O2S/c18-12-6-4-11(5-7-12)16-15(19)17-9-2-1-3-14-13(17)8-10-20-14/h4-8,10,18H,1-3,9H2,(H,16,19). The monoisotopic (exact) mass is 288 g/mol. The molecule has 4 nitrogen and oxygen atoms in total. The highest BCUT2D eigenvalue weighted by molar-refractivity contribution is 7.10. The second-order valence-corrected chi connectivity index (χ2v) is 5.82. The van der Waals surface area contributed by atoms with Crippen LogP contribution in [0.4, 0.5) is 16.2 Å². The number of amides is 2. The minimum Gasteiger partial charge on any atom is -0.508 e. The van der Waals surface area contributed by atoms with Gasteiger partial charge in [0.15, 0.2) is 0 Å². The van der Waals surface area contributed by atoms with Gasteiger partial charge in [-0.15, -0.1) is 11.3 Å². The third kappa shape index (κ3) is 2.63. The van der Waals surface area contributed by atoms with Crippen molar-refractivity contribution < 1.29 is 9.90 Å². The number of carbonyl (C=O) groups is 1. The van der Waals surface area contributed by atoms with Gasteiger partial charge < -0.3 is 10.4 Å². The van der Waals surface area contributed by atoms with Gasteiger partial charge in [-0.05, 0) is 55.0 Å². The molecular formula is C15H16N2O2S. The molecule has 0 saturated heterocycles. The molecule has 2 N–H and O–H groups in total. The number of hydrogen-bond donors (Lipinski definition) is 2. The van der Waals surface area contributed by atoms with Crippen LogP contribution < -0.4 is 10.2 Å². The SMILES string of the molecule is O=C(Nc1ccc(O)cc1)N1CCCCc2sccc21. The molecule has 0 radical (unpaired) electrons. The smallest absolute Gasteiger partial charge is 0.326 e. The first-order chi connectivity index (χ1) is 9.74. The number of carbonyl (C=O) groups excluding carboxylic acids is 1. The number of hydrogen-bond acceptors (Lipinski definition) is 3. The van der Waals surface area contributed by atoms with Crippen molar-refractivity contribution in [3.63, 3.8) is 0 Å². The molecule has 2 amide bonds. The van der Waals surface area contributed by atoms with Gasteiger partial charge in [0, 0.05) is 17.1 Å². The van der Waals surface area contributed by atoms with Crippen LogP contribution in [-0.4, -0.2) is 17.7 Å². The number of phenols is 1. The van der Waals surface area contributed by atoms with Gasteiger partial charge in [0.2, 0.25) is 0 Å². The first kappa shape index (κ1) is 13.0. The highest BCUT2D eigenvalue weighted by atomic mass is 32.1. The molecule has 3 rings (SSSR count). The van der Waals surface area contributed by atoms with Gasteiger partial charge in [0.05, 0.1) is 5.69 Å². The molecule has 2 aromatic rings. The minimum atomic E-state index is -0.114. The average Bonchev–Trinajstić information content (AvgIpc) is 2.81. The molecule has 1 aliphatic rings. The summed E-state index contributed by atoms with van der Waals surface area (Å²) in [6.07, 6.45) is 3.19. The van der Waals surface area contributed by atoms with Gasteiger partial charge in [0.1, 0.15) is 5.75 Å². The Bertz CT molecular complexity index is 607. The summed E-state index contributed by atoms with van der Waals surface area (Å²) >= 11 is 1.71. The molecule has 0 spiro atoms. The molecule has 0 bridgehead atoms. The van der Waals surface area contributed by atoms with Crippen molar-refractivity contribution >= 4 is 28.7 Å². The number of thiophene rings is 1. The van der Waals surface area contributed by atoms with Gasteiger partial charge in [-0.2, -0.15) is 0 Å². The molecule has 0 saturated carbocycles. The summed E-state index contributed by atoms with van der Waals surface area (Å²) in [4.78, 5) is 15.5. The van der Waals surface area contributed by atoms with E-state index >= 15 is 0 Å². The fourth-order valence-corrected chi connectivity index (χ4v) is 3.31. The van der Waals surface area contributed by atoms with Crippen molar-refractivity contribution in [2.75, 3.05) is 16.8 Å². The van der Waals surface area contributed by atoms with Crippen molar-refractivity contribution in [1.82, 2.24) is 0 Å². The molecule has 0 unspecified atom stereocenters. The molecule has 1 aliphatic heterocycles. The molecule has 0 aliphatic carbocycles. The van der Waals surface area contributed by atoms with Crippen LogP contribution in [0.2, 0.25) is 0 Å². The maximum atomic E-state index is 12.4. The van der Waals surface area contributed by atoms with Crippen LogP contribution in [0.25, 0.3) is 0 Å². The van der Waals surface area contributed by atoms with Gasteiger partial charge in [-0.25, -0.2) is 4.79 Å². The van der Waals surface area contributed by atoms with Crippen molar-refractivity contribution in [2.24, 2.45) is 0 Å². The Balaban J connectivity index is 1.79. The summed E-state index contributed by atoms with van der Waals surface area (Å²) in [5.74, 6) is 0.192. The van der Waals surface area contributed by atoms with Gasteiger partial charge in [0.25, 0.3) is 0 Å². The number of fused-ring (bicyclic) bond motifs is 1. The second kappa shape index (κ2) is 5.54. The van der Waals surface area contributed by atoms with E-state index in [1.54, 1.807) is 35.6 Å². The number of nitrogens with zero attached hydrogens (tertiary/aromatic N) is 1. The molecule has 20 heavy (non-hydrogen) atoms. The van der Waals surface area contributed by atoms with Crippen LogP contribution in [0.15, 0.2) is 35.7 Å². The third-order valence-electron chi connectivity index (χ3n) is 3.41. The molecular weight excluding hydrogens is 272 g/mol. The fourth-order valence-electron chi connectivity index (χ4n) is 2.38. The zero-order valence-electron chi connectivity index (χ0n) is 11.0. The van der Waals surface area contributed by atoms with E-state index in [-0.39, 0.29) is 11.8 Å². The van der Waals surface area contributed by atoms with Crippen LogP contribution in [0.5, 0.6) is 5.75 Å². The van der Waals surface area contributed by atoms with Crippen LogP contribution in [0.1, 0.15) is 17.7 Å². The first-order valence-electron chi connectivity index (χ1n) is 6.68. The molecule has 1 aromatic carbocycles. The van der Waals surface area contributed by atoms with Crippen LogP contribution in [0, 0.1) is 0 Å². The molecule has 104 valence electrons. The Hall–Kier alpha value is -2.01. The summed E-state index contributed by atoms with van der Waals surface area (Å²) in [5, 5.41) is 14.2. The van der Waals surface area contributed by atoms with E-state index in [9.17, 15) is 9.90 Å². The number of urea groups is 1. The lowest BCUT2D eigenvalue weighted by Gasteiger charge is -2.21. The Morgan fingerprint density at radius 3 is 2.80 bits per heavy atom. The third-order valence-corrected chi connectivity index (χ3v) is 4.38. The van der Waals surface area contributed by atoms with Crippen LogP contribution in [-0.2, 0) is 6.42 Å². The lowest BCUT2D eigenvalue weighted by molar-refractivity contribution is 0.257. The van der Waals surface area contributed by atoms with E-state index in [2.05, 4.69) is 5.32 Å². The summed E-state index contributed by atoms with van der Waals surface area (Å²) < 4.78 is 0. The van der Waals surface area contributed by atoms with Crippen molar-refractivity contribution in [3.8, 4) is 5.75 Å². The van der Waals surface area contributed by atoms with E-state index in [0.717, 1.165) is 31.5 Å². The number of aryl methyl sites for hydroxylation is 1. The van der Waals surface area contributed by atoms with E-state index in [4.69, 9.17) is 0 Å². The van der Waals surface area contributed by atoms with Gasteiger partial charge >= 0.3 is 6.03 Å². The topological polar surface area (TPSA) is 52.6 Å². The minimum absolute atomic E-state index is 0.114. The zero-order chi connectivity index (χ0) is 13.9. The van der Waals surface area contributed by atoms with Crippen LogP contribution in [0.3, 0.4) is 0 Å². The largest absolute Gasteiger partial charge is 0.508 e. The van der Waals surface area contributed by atoms with E-state index < -0.39 is 0 Å². The molecule has 5 heteroatoms. The lowest BCUT2D eigenvalue weighted by Crippen LogP contribution is -2.35. The highest BCUT2D eigenvalue weighted by Gasteiger charge is 2.21. The quantitative estimate of drug-likeness (QED) is 0.784. The second-order valence-electron chi connectivity index (χ2n) is 4.81. The van der Waals surface area contributed by atoms with Crippen molar-refractivity contribution in [3.05, 3.63) is 40.6 Å². The Morgan fingerprint density at radius 2 is 2.00 bits per heavy atom. The predicted octanol–water partition coefficient (Wildman–Crippen LogP) is 3.83. The maximum absolute atomic E-state index is 12.4. The average molecular weight is 288 g/mol. The van der Waals surface area contributed by atoms with Crippen molar-refractivity contribution in [2.45, 2.75) is 19.3 Å². The number of nitrogens with one attached hydrogen (secondary N) is 1. The lowest BCUT2D eigenvalue weighted by atomic mass is 10.2. The van der Waals surface area contributed by atoms with E-state index in [1.807, 2.05) is 16.3 Å². The zero-order valence-corrected chi connectivity index (χ0v) is 11.8.